The van der Waals surface area contributed by atoms with E-state index in [9.17, 15) is 4.79 Å². The van der Waals surface area contributed by atoms with Gasteiger partial charge in [-0.25, -0.2) is 0 Å². The smallest absolute Gasteiger partial charge is 0.303 e. The van der Waals surface area contributed by atoms with Crippen molar-refractivity contribution < 1.29 is 9.90 Å². The first kappa shape index (κ1) is 15.0. The summed E-state index contributed by atoms with van der Waals surface area (Å²) >= 11 is 0. The molecule has 18 heavy (non-hydrogen) atoms. The topological polar surface area (TPSA) is 37.3 Å². The van der Waals surface area contributed by atoms with Gasteiger partial charge in [0.05, 0.1) is 8.80 Å². The van der Waals surface area contributed by atoms with Gasteiger partial charge in [-0.2, -0.15) is 0 Å². The summed E-state index contributed by atoms with van der Waals surface area (Å²) in [6, 6.07) is 8.63. The van der Waals surface area contributed by atoms with Crippen molar-refractivity contribution in [1.82, 2.24) is 0 Å². The second kappa shape index (κ2) is 6.74. The van der Waals surface area contributed by atoms with Crippen LogP contribution in [-0.4, -0.2) is 19.9 Å². The fourth-order valence-electron chi connectivity index (χ4n) is 2.70. The second-order valence-corrected chi connectivity index (χ2v) is 10.0. The van der Waals surface area contributed by atoms with Crippen molar-refractivity contribution in [2.45, 2.75) is 51.6 Å². The number of hydrogen-bond donors (Lipinski definition) is 1. The molecular weight excluding hydrogens is 240 g/mol. The molecule has 0 aliphatic heterocycles. The molecule has 100 valence electrons. The Kier molecular flexibility index (Phi) is 5.60. The quantitative estimate of drug-likeness (QED) is 0.802. The average Bonchev–Trinajstić information content (AvgIpc) is 2.27. The number of benzene rings is 1. The lowest BCUT2D eigenvalue weighted by molar-refractivity contribution is -0.136. The zero-order valence-electron chi connectivity index (χ0n) is 11.8. The predicted octanol–water partition coefficient (Wildman–Crippen LogP) is 2.96. The normalized spacial score (nSPS) is 11.5. The summed E-state index contributed by atoms with van der Waals surface area (Å²) in [6.07, 6.45) is 0.847. The molecule has 0 unspecified atom stereocenters. The van der Waals surface area contributed by atoms with Crippen LogP contribution in [0, 0.1) is 0 Å². The van der Waals surface area contributed by atoms with Gasteiger partial charge < -0.3 is 5.11 Å². The van der Waals surface area contributed by atoms with E-state index >= 15 is 0 Å². The van der Waals surface area contributed by atoms with E-state index in [1.807, 2.05) is 0 Å². The second-order valence-electron chi connectivity index (χ2n) is 5.65. The SMILES string of the molecule is CC(C)[SiH](c1ccc(CCC(=O)O)cc1)C(C)C. The Morgan fingerprint density at radius 3 is 2.00 bits per heavy atom. The highest BCUT2D eigenvalue weighted by molar-refractivity contribution is 6.75. The molecule has 0 saturated carbocycles. The molecule has 0 amide bonds. The molecule has 0 aliphatic carbocycles. The Morgan fingerprint density at radius 1 is 1.11 bits per heavy atom. The average molecular weight is 264 g/mol. The maximum atomic E-state index is 10.5. The summed E-state index contributed by atoms with van der Waals surface area (Å²) in [5.74, 6) is -0.726. The van der Waals surface area contributed by atoms with Crippen molar-refractivity contribution in [2.75, 3.05) is 0 Å². The minimum atomic E-state index is -0.915. The Balaban J connectivity index is 2.77. The molecule has 1 rings (SSSR count). The van der Waals surface area contributed by atoms with E-state index in [-0.39, 0.29) is 6.42 Å². The predicted molar refractivity (Wildman–Crippen MR) is 79.4 cm³/mol. The molecule has 3 heteroatoms. The Hall–Kier alpha value is -1.09. The van der Waals surface area contributed by atoms with Gasteiger partial charge in [0, 0.05) is 6.42 Å². The van der Waals surface area contributed by atoms with Crippen LogP contribution < -0.4 is 5.19 Å². The van der Waals surface area contributed by atoms with Crippen molar-refractivity contribution >= 4 is 20.0 Å². The van der Waals surface area contributed by atoms with Crippen molar-refractivity contribution in [3.8, 4) is 0 Å². The first-order valence-electron chi connectivity index (χ1n) is 6.72. The lowest BCUT2D eigenvalue weighted by atomic mass is 10.1. The number of aliphatic carboxylic acids is 1. The molecule has 0 spiro atoms. The van der Waals surface area contributed by atoms with Gasteiger partial charge in [0.15, 0.2) is 0 Å². The van der Waals surface area contributed by atoms with E-state index in [0.29, 0.717) is 6.42 Å². The number of aryl methyl sites for hydroxylation is 1. The number of hydrogen-bond acceptors (Lipinski definition) is 1. The van der Waals surface area contributed by atoms with E-state index in [1.54, 1.807) is 0 Å². The molecule has 2 nitrogen and oxygen atoms in total. The molecule has 0 heterocycles. The van der Waals surface area contributed by atoms with Crippen molar-refractivity contribution in [3.05, 3.63) is 29.8 Å². The van der Waals surface area contributed by atoms with Crippen LogP contribution in [0.3, 0.4) is 0 Å². The van der Waals surface area contributed by atoms with Gasteiger partial charge in [0.1, 0.15) is 0 Å². The Bertz CT molecular complexity index is 374. The van der Waals surface area contributed by atoms with Crippen LogP contribution in [0.5, 0.6) is 0 Å². The third-order valence-corrected chi connectivity index (χ3v) is 7.46. The first-order valence-corrected chi connectivity index (χ1v) is 8.63. The molecule has 0 saturated heterocycles. The van der Waals surface area contributed by atoms with Gasteiger partial charge in [-0.1, -0.05) is 57.1 Å². The van der Waals surface area contributed by atoms with Gasteiger partial charge in [-0.15, -0.1) is 0 Å². The lowest BCUT2D eigenvalue weighted by Gasteiger charge is -2.23. The first-order chi connectivity index (χ1) is 8.41. The summed E-state index contributed by atoms with van der Waals surface area (Å²) in [4.78, 5) is 10.5. The number of rotatable bonds is 6. The molecule has 1 N–H and O–H groups in total. The molecular formula is C15H24O2Si. The zero-order chi connectivity index (χ0) is 13.7. The molecule has 0 aromatic heterocycles. The standard InChI is InChI=1S/C15H24O2Si/c1-11(2)18(12(3)4)14-8-5-13(6-9-14)7-10-15(16)17/h5-6,8-9,11-12,18H,7,10H2,1-4H3,(H,16,17). The van der Waals surface area contributed by atoms with Gasteiger partial charge in [-0.3, -0.25) is 4.79 Å². The van der Waals surface area contributed by atoms with E-state index in [1.165, 1.54) is 5.19 Å². The van der Waals surface area contributed by atoms with Crippen molar-refractivity contribution in [3.63, 3.8) is 0 Å². The highest BCUT2D eigenvalue weighted by Gasteiger charge is 2.21. The molecule has 0 bridgehead atoms. The Labute approximate surface area is 112 Å². The number of carboxylic acids is 1. The van der Waals surface area contributed by atoms with Crippen LogP contribution in [-0.2, 0) is 11.2 Å². The van der Waals surface area contributed by atoms with E-state index < -0.39 is 14.8 Å². The van der Waals surface area contributed by atoms with Crippen LogP contribution in [0.4, 0.5) is 0 Å². The van der Waals surface area contributed by atoms with E-state index in [0.717, 1.165) is 16.6 Å². The summed E-state index contributed by atoms with van der Waals surface area (Å²) in [5.41, 5.74) is 2.64. The van der Waals surface area contributed by atoms with Crippen LogP contribution in [0.1, 0.15) is 39.7 Å². The maximum absolute atomic E-state index is 10.5. The highest BCUT2D eigenvalue weighted by atomic mass is 28.3. The van der Waals surface area contributed by atoms with Crippen LogP contribution in [0.15, 0.2) is 24.3 Å². The summed E-state index contributed by atoms with van der Waals surface area (Å²) < 4.78 is 0. The van der Waals surface area contributed by atoms with Gasteiger partial charge in [0.25, 0.3) is 0 Å². The summed E-state index contributed by atoms with van der Waals surface area (Å²) in [7, 11) is -0.915. The van der Waals surface area contributed by atoms with Gasteiger partial charge >= 0.3 is 5.97 Å². The summed E-state index contributed by atoms with van der Waals surface area (Å²) in [5, 5.41) is 10.2. The third-order valence-electron chi connectivity index (χ3n) is 3.43. The molecule has 0 fully saturated rings. The fourth-order valence-corrected chi connectivity index (χ4v) is 6.41. The molecule has 0 aliphatic rings. The van der Waals surface area contributed by atoms with E-state index in [4.69, 9.17) is 5.11 Å². The monoisotopic (exact) mass is 264 g/mol. The number of carbonyl (C=O) groups is 1. The molecule has 0 radical (unpaired) electrons. The van der Waals surface area contributed by atoms with Crippen molar-refractivity contribution in [2.24, 2.45) is 0 Å². The van der Waals surface area contributed by atoms with Crippen LogP contribution >= 0.6 is 0 Å². The highest BCUT2D eigenvalue weighted by Crippen LogP contribution is 2.20. The van der Waals surface area contributed by atoms with Gasteiger partial charge in [0.2, 0.25) is 0 Å². The largest absolute Gasteiger partial charge is 0.481 e. The zero-order valence-corrected chi connectivity index (χ0v) is 13.0. The van der Waals surface area contributed by atoms with Crippen molar-refractivity contribution in [1.29, 1.82) is 0 Å². The minimum absolute atomic E-state index is 0.217. The Morgan fingerprint density at radius 2 is 1.61 bits per heavy atom. The lowest BCUT2D eigenvalue weighted by Crippen LogP contribution is -2.35. The fraction of sp³-hybridized carbons (Fsp3) is 0.533. The minimum Gasteiger partial charge on any atom is -0.481 e. The molecule has 1 aromatic carbocycles. The third kappa shape index (κ3) is 4.30. The van der Waals surface area contributed by atoms with Crippen LogP contribution in [0.2, 0.25) is 11.1 Å². The summed E-state index contributed by atoms with van der Waals surface area (Å²) in [6.45, 7) is 9.26. The van der Waals surface area contributed by atoms with Gasteiger partial charge in [-0.05, 0) is 23.1 Å². The van der Waals surface area contributed by atoms with E-state index in [2.05, 4.69) is 52.0 Å². The number of carboxylic acid groups (broad SMARTS) is 1. The molecule has 0 atom stereocenters. The molecule has 1 aromatic rings. The maximum Gasteiger partial charge on any atom is 0.303 e. The van der Waals surface area contributed by atoms with Crippen LogP contribution in [0.25, 0.3) is 0 Å².